The van der Waals surface area contributed by atoms with Gasteiger partial charge in [-0.3, -0.25) is 4.90 Å². The molecular formula is C13H24F2N2. The third-order valence-electron chi connectivity index (χ3n) is 4.73. The topological polar surface area (TPSA) is 15.3 Å². The summed E-state index contributed by atoms with van der Waals surface area (Å²) in [7, 11) is 0. The van der Waals surface area contributed by atoms with Crippen molar-refractivity contribution in [3.05, 3.63) is 0 Å². The molecule has 0 bridgehead atoms. The average Bonchev–Trinajstić information content (AvgIpc) is 2.73. The third kappa shape index (κ3) is 2.63. The fraction of sp³-hybridized carbons (Fsp3) is 1.00. The van der Waals surface area contributed by atoms with Crippen molar-refractivity contribution in [3.8, 4) is 0 Å². The Kier molecular flexibility index (Phi) is 3.74. The highest BCUT2D eigenvalue weighted by Gasteiger charge is 2.46. The summed E-state index contributed by atoms with van der Waals surface area (Å²) in [6.45, 7) is 5.85. The van der Waals surface area contributed by atoms with Crippen LogP contribution in [-0.2, 0) is 0 Å². The summed E-state index contributed by atoms with van der Waals surface area (Å²) in [4.78, 5) is 2.07. The minimum absolute atomic E-state index is 0.00271. The van der Waals surface area contributed by atoms with Gasteiger partial charge in [0.1, 0.15) is 0 Å². The van der Waals surface area contributed by atoms with E-state index in [9.17, 15) is 8.78 Å². The van der Waals surface area contributed by atoms with E-state index in [1.54, 1.807) is 0 Å². The number of piperazine rings is 1. The highest BCUT2D eigenvalue weighted by molar-refractivity contribution is 5.05. The Hall–Kier alpha value is -0.220. The lowest BCUT2D eigenvalue weighted by molar-refractivity contribution is -0.0274. The molecule has 100 valence electrons. The minimum atomic E-state index is -2.22. The molecule has 2 rings (SSSR count). The number of halogens is 2. The van der Waals surface area contributed by atoms with Crippen LogP contribution in [0.5, 0.6) is 0 Å². The highest BCUT2D eigenvalue weighted by Crippen LogP contribution is 2.39. The Morgan fingerprint density at radius 3 is 2.47 bits per heavy atom. The fourth-order valence-electron chi connectivity index (χ4n) is 3.32. The van der Waals surface area contributed by atoms with Crippen molar-refractivity contribution < 1.29 is 8.78 Å². The van der Waals surface area contributed by atoms with Crippen molar-refractivity contribution in [2.45, 2.75) is 63.5 Å². The summed E-state index contributed by atoms with van der Waals surface area (Å²) in [6.07, 6.45) is 3.29. The highest BCUT2D eigenvalue weighted by atomic mass is 19.3. The fourth-order valence-corrected chi connectivity index (χ4v) is 3.32. The predicted octanol–water partition coefficient (Wildman–Crippen LogP) is 2.64. The van der Waals surface area contributed by atoms with Crippen LogP contribution in [-0.4, -0.2) is 42.0 Å². The number of hydrogen-bond donors (Lipinski definition) is 1. The molecule has 17 heavy (non-hydrogen) atoms. The van der Waals surface area contributed by atoms with E-state index in [1.165, 1.54) is 12.8 Å². The molecule has 1 atom stereocenters. The molecule has 2 fully saturated rings. The van der Waals surface area contributed by atoms with E-state index in [0.717, 1.165) is 32.4 Å². The molecule has 1 saturated carbocycles. The number of nitrogens with zero attached hydrogens (tertiary/aromatic N) is 1. The van der Waals surface area contributed by atoms with E-state index in [4.69, 9.17) is 0 Å². The quantitative estimate of drug-likeness (QED) is 0.823. The summed E-state index contributed by atoms with van der Waals surface area (Å²) in [5.74, 6) is 0. The van der Waals surface area contributed by atoms with Crippen LogP contribution in [0.3, 0.4) is 0 Å². The number of rotatable bonds is 3. The third-order valence-corrected chi connectivity index (χ3v) is 4.73. The van der Waals surface area contributed by atoms with Crippen molar-refractivity contribution in [2.75, 3.05) is 19.6 Å². The molecule has 1 saturated heterocycles. The molecule has 2 aliphatic rings. The van der Waals surface area contributed by atoms with Crippen LogP contribution in [0.4, 0.5) is 8.78 Å². The molecule has 0 aromatic heterocycles. The zero-order chi connectivity index (χ0) is 12.5. The van der Waals surface area contributed by atoms with Gasteiger partial charge in [-0.1, -0.05) is 19.8 Å². The van der Waals surface area contributed by atoms with E-state index in [2.05, 4.69) is 24.1 Å². The zero-order valence-corrected chi connectivity index (χ0v) is 10.9. The molecule has 1 N–H and O–H groups in total. The van der Waals surface area contributed by atoms with Gasteiger partial charge in [0.05, 0.1) is 6.54 Å². The largest absolute Gasteiger partial charge is 0.308 e. The molecule has 0 radical (unpaired) electrons. The number of alkyl halides is 2. The van der Waals surface area contributed by atoms with Crippen molar-refractivity contribution in [3.63, 3.8) is 0 Å². The molecule has 1 aliphatic carbocycles. The Morgan fingerprint density at radius 2 is 1.94 bits per heavy atom. The molecule has 0 aromatic rings. The predicted molar refractivity (Wildman–Crippen MR) is 65.5 cm³/mol. The monoisotopic (exact) mass is 246 g/mol. The Labute approximate surface area is 103 Å². The summed E-state index contributed by atoms with van der Waals surface area (Å²) in [5, 5.41) is 3.59. The SMILES string of the molecule is CCC1(C)CN(CC(F)F)C2(CCCC2)CN1. The second-order valence-corrected chi connectivity index (χ2v) is 5.97. The van der Waals surface area contributed by atoms with E-state index in [-0.39, 0.29) is 17.6 Å². The second-order valence-electron chi connectivity index (χ2n) is 5.97. The van der Waals surface area contributed by atoms with E-state index in [1.807, 2.05) is 0 Å². The first-order valence-corrected chi connectivity index (χ1v) is 6.78. The van der Waals surface area contributed by atoms with Crippen LogP contribution in [0.2, 0.25) is 0 Å². The Bertz CT molecular complexity index is 264. The van der Waals surface area contributed by atoms with E-state index in [0.29, 0.717) is 0 Å². The van der Waals surface area contributed by atoms with Crippen molar-refractivity contribution in [2.24, 2.45) is 0 Å². The van der Waals surface area contributed by atoms with E-state index < -0.39 is 6.43 Å². The Morgan fingerprint density at radius 1 is 1.29 bits per heavy atom. The van der Waals surface area contributed by atoms with Crippen molar-refractivity contribution in [1.29, 1.82) is 0 Å². The zero-order valence-electron chi connectivity index (χ0n) is 10.9. The maximum atomic E-state index is 12.7. The lowest BCUT2D eigenvalue weighted by atomic mass is 9.85. The van der Waals surface area contributed by atoms with Crippen LogP contribution >= 0.6 is 0 Å². The van der Waals surface area contributed by atoms with Gasteiger partial charge in [-0.2, -0.15) is 0 Å². The molecular weight excluding hydrogens is 222 g/mol. The normalized spacial score (nSPS) is 33.7. The van der Waals surface area contributed by atoms with Gasteiger partial charge in [0, 0.05) is 24.2 Å². The molecule has 1 aliphatic heterocycles. The first-order chi connectivity index (χ1) is 8.00. The molecule has 0 amide bonds. The van der Waals surface area contributed by atoms with Gasteiger partial charge in [-0.25, -0.2) is 8.78 Å². The van der Waals surface area contributed by atoms with Crippen LogP contribution in [0.25, 0.3) is 0 Å². The van der Waals surface area contributed by atoms with Gasteiger partial charge < -0.3 is 5.32 Å². The smallest absolute Gasteiger partial charge is 0.251 e. The van der Waals surface area contributed by atoms with Crippen LogP contribution in [0, 0.1) is 0 Å². The molecule has 0 aromatic carbocycles. The summed E-state index contributed by atoms with van der Waals surface area (Å²) in [5.41, 5.74) is 0.0217. The lowest BCUT2D eigenvalue weighted by Gasteiger charge is -2.52. The number of hydrogen-bond acceptors (Lipinski definition) is 2. The van der Waals surface area contributed by atoms with Crippen molar-refractivity contribution >= 4 is 0 Å². The molecule has 1 heterocycles. The molecule has 1 spiro atoms. The minimum Gasteiger partial charge on any atom is -0.308 e. The van der Waals surface area contributed by atoms with Gasteiger partial charge >= 0.3 is 0 Å². The first-order valence-electron chi connectivity index (χ1n) is 6.78. The summed E-state index contributed by atoms with van der Waals surface area (Å²) >= 11 is 0. The number of nitrogens with one attached hydrogen (secondary N) is 1. The Balaban J connectivity index is 2.12. The maximum absolute atomic E-state index is 12.7. The van der Waals surface area contributed by atoms with Gasteiger partial charge in [0.2, 0.25) is 0 Å². The van der Waals surface area contributed by atoms with Gasteiger partial charge in [-0.15, -0.1) is 0 Å². The lowest BCUT2D eigenvalue weighted by Crippen LogP contribution is -2.68. The van der Waals surface area contributed by atoms with Crippen LogP contribution in [0.15, 0.2) is 0 Å². The van der Waals surface area contributed by atoms with Crippen LogP contribution in [0.1, 0.15) is 46.0 Å². The van der Waals surface area contributed by atoms with E-state index >= 15 is 0 Å². The second kappa shape index (κ2) is 4.81. The maximum Gasteiger partial charge on any atom is 0.251 e. The molecule has 1 unspecified atom stereocenters. The average molecular weight is 246 g/mol. The van der Waals surface area contributed by atoms with Crippen LogP contribution < -0.4 is 5.32 Å². The first kappa shape index (κ1) is 13.2. The summed E-state index contributed by atoms with van der Waals surface area (Å²) in [6, 6.07) is 0. The molecule has 4 heteroatoms. The molecule has 2 nitrogen and oxygen atoms in total. The van der Waals surface area contributed by atoms with Gasteiger partial charge in [0.15, 0.2) is 0 Å². The van der Waals surface area contributed by atoms with Gasteiger partial charge in [-0.05, 0) is 26.2 Å². The van der Waals surface area contributed by atoms with Crippen molar-refractivity contribution in [1.82, 2.24) is 10.2 Å². The summed E-state index contributed by atoms with van der Waals surface area (Å²) < 4.78 is 25.5. The van der Waals surface area contributed by atoms with Gasteiger partial charge in [0.25, 0.3) is 6.43 Å². The standard InChI is InChI=1S/C13H24F2N2/c1-3-12(2)10-17(8-11(14)15)13(9-16-12)6-4-5-7-13/h11,16H,3-10H2,1-2H3.